The van der Waals surface area contributed by atoms with Gasteiger partial charge in [0, 0.05) is 29.7 Å². The molecule has 0 unspecified atom stereocenters. The van der Waals surface area contributed by atoms with E-state index in [1.807, 2.05) is 19.9 Å². The number of hydrogen-bond donors (Lipinski definition) is 5. The first-order chi connectivity index (χ1) is 23.7. The number of hydrogen-bond acceptors (Lipinski definition) is 8. The van der Waals surface area contributed by atoms with E-state index in [0.29, 0.717) is 25.1 Å². The summed E-state index contributed by atoms with van der Waals surface area (Å²) in [5.74, 6) is -1.54. The second-order valence-corrected chi connectivity index (χ2v) is 14.7. The molecule has 0 fully saturated rings. The number of nitrogens with zero attached hydrogens (tertiary/aromatic N) is 1. The summed E-state index contributed by atoms with van der Waals surface area (Å²) in [6.07, 6.45) is 34.1. The molecule has 11 heteroatoms. The Bertz CT molecular complexity index is 1290. The van der Waals surface area contributed by atoms with Crippen LogP contribution in [0.4, 0.5) is 0 Å². The van der Waals surface area contributed by atoms with Crippen LogP contribution in [-0.4, -0.2) is 69.2 Å². The van der Waals surface area contributed by atoms with Crippen molar-refractivity contribution in [2.75, 3.05) is 25.5 Å². The van der Waals surface area contributed by atoms with Crippen LogP contribution in [0.3, 0.4) is 0 Å². The van der Waals surface area contributed by atoms with E-state index in [4.69, 9.17) is 5.73 Å². The van der Waals surface area contributed by atoms with Crippen molar-refractivity contribution in [2.45, 2.75) is 88.8 Å². The number of aromatic nitrogens is 1. The summed E-state index contributed by atoms with van der Waals surface area (Å²) < 4.78 is -0.775. The maximum Gasteiger partial charge on any atom is 0.250 e. The molecule has 9 nitrogen and oxygen atoms in total. The Hall–Kier alpha value is -3.38. The average Bonchev–Trinajstić information content (AvgIpc) is 3.08. The molecule has 0 aliphatic carbocycles. The Kier molecular flexibility index (Phi) is 24.4. The Morgan fingerprint density at radius 3 is 1.92 bits per heavy atom. The number of carbonyl (C=O) groups excluding carboxylic acids is 3. The molecule has 270 valence electrons. The van der Waals surface area contributed by atoms with Crippen molar-refractivity contribution in [3.63, 3.8) is 0 Å². The second kappa shape index (κ2) is 27.4. The van der Waals surface area contributed by atoms with E-state index in [-0.39, 0.29) is 17.2 Å². The zero-order valence-corrected chi connectivity index (χ0v) is 30.9. The third-order valence-electron chi connectivity index (χ3n) is 7.04. The van der Waals surface area contributed by atoms with Crippen molar-refractivity contribution < 1.29 is 24.6 Å². The lowest BCUT2D eigenvalue weighted by Gasteiger charge is -2.33. The van der Waals surface area contributed by atoms with Crippen LogP contribution in [0, 0.1) is 0 Å². The number of nitrogens with two attached hydrogens (primary N) is 1. The molecule has 6 N–H and O–H groups in total. The van der Waals surface area contributed by atoms with E-state index < -0.39 is 41.7 Å². The second-order valence-electron chi connectivity index (χ2n) is 11.6. The molecular formula is C38H56N4O5S2. The highest BCUT2D eigenvalue weighted by Gasteiger charge is 2.41. The molecule has 0 radical (unpaired) electrons. The van der Waals surface area contributed by atoms with Gasteiger partial charge in [-0.1, -0.05) is 101 Å². The molecule has 1 atom stereocenters. The number of carbonyl (C=O) groups is 3. The zero-order chi connectivity index (χ0) is 36.2. The average molecular weight is 713 g/mol. The van der Waals surface area contributed by atoms with Gasteiger partial charge in [-0.3, -0.25) is 19.4 Å². The Morgan fingerprint density at radius 2 is 1.41 bits per heavy atom. The van der Waals surface area contributed by atoms with Gasteiger partial charge in [0.15, 0.2) is 0 Å². The molecule has 0 saturated carbocycles. The van der Waals surface area contributed by atoms with Gasteiger partial charge in [-0.2, -0.15) is 0 Å². The predicted molar refractivity (Wildman–Crippen MR) is 206 cm³/mol. The van der Waals surface area contributed by atoms with E-state index in [1.165, 1.54) is 33.9 Å². The predicted octanol–water partition coefficient (Wildman–Crippen LogP) is 6.49. The van der Waals surface area contributed by atoms with Gasteiger partial charge in [0.25, 0.3) is 5.91 Å². The lowest BCUT2D eigenvalue weighted by molar-refractivity contribution is -0.124. The molecule has 49 heavy (non-hydrogen) atoms. The molecule has 1 aromatic heterocycles. The van der Waals surface area contributed by atoms with Crippen molar-refractivity contribution in [1.29, 1.82) is 0 Å². The molecule has 1 heterocycles. The third kappa shape index (κ3) is 20.0. The van der Waals surface area contributed by atoms with E-state index in [0.717, 1.165) is 38.5 Å². The number of allylic oxidation sites excluding steroid dienone is 12. The van der Waals surface area contributed by atoms with Gasteiger partial charge in [-0.15, -0.1) is 0 Å². The Balaban J connectivity index is 2.37. The molecule has 0 aliphatic heterocycles. The van der Waals surface area contributed by atoms with Gasteiger partial charge < -0.3 is 26.6 Å². The first kappa shape index (κ1) is 43.6. The van der Waals surface area contributed by atoms with Gasteiger partial charge in [0.05, 0.1) is 36.4 Å². The van der Waals surface area contributed by atoms with Crippen LogP contribution in [-0.2, 0) is 9.59 Å². The van der Waals surface area contributed by atoms with Crippen LogP contribution in [0.5, 0.6) is 0 Å². The van der Waals surface area contributed by atoms with Crippen molar-refractivity contribution in [3.8, 4) is 0 Å². The number of amides is 3. The number of nitrogens with one attached hydrogen (secondary N) is 2. The lowest BCUT2D eigenvalue weighted by Crippen LogP contribution is -2.47. The van der Waals surface area contributed by atoms with Gasteiger partial charge >= 0.3 is 0 Å². The van der Waals surface area contributed by atoms with E-state index in [2.05, 4.69) is 89.4 Å². The van der Waals surface area contributed by atoms with Crippen LogP contribution in [0.1, 0.15) is 94.1 Å². The number of pyridine rings is 1. The largest absolute Gasteiger partial charge is 0.394 e. The molecule has 0 aliphatic rings. The summed E-state index contributed by atoms with van der Waals surface area (Å²) in [4.78, 5) is 42.1. The first-order valence-corrected chi connectivity index (χ1v) is 19.2. The smallest absolute Gasteiger partial charge is 0.250 e. The molecule has 1 rings (SSSR count). The van der Waals surface area contributed by atoms with Crippen molar-refractivity contribution in [2.24, 2.45) is 5.73 Å². The molecule has 0 bridgehead atoms. The topological polar surface area (TPSA) is 155 Å². The van der Waals surface area contributed by atoms with Crippen LogP contribution in [0.15, 0.2) is 91.2 Å². The SMILES string of the molecule is CC/C=C\C/C=C\C/C=C\C/C=C\C/C=C\C/C=C\CCC(=O)NCCSSC(C)(C)[C@H](C(=O)NC(CO)CO)c1ncccc1C(N)=O. The van der Waals surface area contributed by atoms with Crippen molar-refractivity contribution >= 4 is 39.3 Å². The molecule has 0 spiro atoms. The fourth-order valence-electron chi connectivity index (χ4n) is 4.47. The number of aliphatic hydroxyl groups excluding tert-OH is 2. The summed E-state index contributed by atoms with van der Waals surface area (Å²) >= 11 is 0. The van der Waals surface area contributed by atoms with Gasteiger partial charge in [0.1, 0.15) is 0 Å². The molecule has 3 amide bonds. The van der Waals surface area contributed by atoms with Crippen molar-refractivity contribution in [1.82, 2.24) is 15.6 Å². The summed E-state index contributed by atoms with van der Waals surface area (Å²) in [6, 6.07) is 2.24. The fourth-order valence-corrected chi connectivity index (χ4v) is 7.06. The van der Waals surface area contributed by atoms with E-state index >= 15 is 0 Å². The van der Waals surface area contributed by atoms with Gasteiger partial charge in [-0.05, 0) is 70.9 Å². The quantitative estimate of drug-likeness (QED) is 0.0415. The van der Waals surface area contributed by atoms with Gasteiger partial charge in [0.2, 0.25) is 11.8 Å². The van der Waals surface area contributed by atoms with Crippen LogP contribution in [0.2, 0.25) is 0 Å². The highest BCUT2D eigenvalue weighted by molar-refractivity contribution is 8.77. The minimum Gasteiger partial charge on any atom is -0.394 e. The summed E-state index contributed by atoms with van der Waals surface area (Å²) in [5, 5.41) is 24.5. The minimum atomic E-state index is -0.912. The Morgan fingerprint density at radius 1 is 0.878 bits per heavy atom. The maximum atomic E-state index is 13.4. The number of primary amides is 1. The molecular weight excluding hydrogens is 657 g/mol. The zero-order valence-electron chi connectivity index (χ0n) is 29.3. The third-order valence-corrected chi connectivity index (χ3v) is 10.3. The highest BCUT2D eigenvalue weighted by Crippen LogP contribution is 2.45. The summed E-state index contributed by atoms with van der Waals surface area (Å²) in [5.41, 5.74) is 5.93. The number of rotatable bonds is 26. The molecule has 0 saturated heterocycles. The highest BCUT2D eigenvalue weighted by atomic mass is 33.1. The van der Waals surface area contributed by atoms with Crippen LogP contribution in [0.25, 0.3) is 0 Å². The van der Waals surface area contributed by atoms with Crippen LogP contribution < -0.4 is 16.4 Å². The number of aliphatic hydroxyl groups is 2. The van der Waals surface area contributed by atoms with Crippen molar-refractivity contribution in [3.05, 3.63) is 102 Å². The van der Waals surface area contributed by atoms with E-state index in [9.17, 15) is 24.6 Å². The molecule has 0 aromatic carbocycles. The summed E-state index contributed by atoms with van der Waals surface area (Å²) in [6.45, 7) is 5.42. The molecule has 1 aromatic rings. The lowest BCUT2D eigenvalue weighted by atomic mass is 9.87. The fraction of sp³-hybridized carbons (Fsp3) is 0.474. The Labute approximate surface area is 301 Å². The maximum absolute atomic E-state index is 13.4. The van der Waals surface area contributed by atoms with Gasteiger partial charge in [-0.25, -0.2) is 0 Å². The first-order valence-electron chi connectivity index (χ1n) is 16.9. The normalized spacial score (nSPS) is 13.3. The monoisotopic (exact) mass is 712 g/mol. The van der Waals surface area contributed by atoms with Crippen LogP contribution >= 0.6 is 21.6 Å². The standard InChI is InChI=1S/C38H56N4O5S2/c1-4-5-6-7-8-9-10-11-12-13-14-15-16-17-18-19-20-21-22-25-33(45)40-27-28-48-49-38(2,3)34(37(47)42-31(29-43)30-44)35-32(36(39)46)24-23-26-41-35/h5-6,8-9,11-12,14-15,17-18,20-21,23-24,26,31,34,43-44H,4,7,10,13,16,19,22,25,27-30H2,1-3H3,(H2,39,46)(H,40,45)(H,42,47)/b6-5-,9-8-,12-11-,15-14-,18-17-,21-20-/t34-/m0/s1. The van der Waals surface area contributed by atoms with E-state index in [1.54, 1.807) is 6.07 Å². The minimum absolute atomic E-state index is 0.0275. The summed E-state index contributed by atoms with van der Waals surface area (Å²) in [7, 11) is 2.91.